The van der Waals surface area contributed by atoms with E-state index in [4.69, 9.17) is 9.84 Å². The van der Waals surface area contributed by atoms with Gasteiger partial charge < -0.3 is 9.84 Å². The van der Waals surface area contributed by atoms with Gasteiger partial charge in [-0.05, 0) is 31.0 Å². The average Bonchev–Trinajstić information content (AvgIpc) is 2.81. The number of hydrogen-bond acceptors (Lipinski definition) is 5. The second-order valence-corrected chi connectivity index (χ2v) is 9.44. The third kappa shape index (κ3) is 6.62. The first-order valence-corrected chi connectivity index (χ1v) is 11.9. The molecule has 0 bridgehead atoms. The standard InChI is InChI=1S/C27H27F4N3O3/c1-16-3-6-22(27(29,30)31)18(9-16)15-37-20-4-5-21(23(28)11-20)26-32-12-19-14-34(8-7-24(19)33-26)13-17(2)10-25(35)36/h3-6,9,11-12,17H,7-8,10,13-15H2,1-2H3,(H,35,36). The van der Waals surface area contributed by atoms with Crippen LogP contribution in [0, 0.1) is 18.7 Å². The van der Waals surface area contributed by atoms with Gasteiger partial charge in [0.1, 0.15) is 18.2 Å². The summed E-state index contributed by atoms with van der Waals surface area (Å²) in [5.74, 6) is -1.14. The number of carboxylic acid groups (broad SMARTS) is 1. The summed E-state index contributed by atoms with van der Waals surface area (Å²) in [7, 11) is 0. The largest absolute Gasteiger partial charge is 0.489 e. The van der Waals surface area contributed by atoms with E-state index in [1.54, 1.807) is 13.1 Å². The first kappa shape index (κ1) is 26.5. The zero-order valence-electron chi connectivity index (χ0n) is 20.5. The molecule has 1 unspecified atom stereocenters. The van der Waals surface area contributed by atoms with Crippen molar-refractivity contribution in [2.24, 2.45) is 5.92 Å². The van der Waals surface area contributed by atoms with E-state index < -0.39 is 23.5 Å². The lowest BCUT2D eigenvalue weighted by Crippen LogP contribution is -2.35. The van der Waals surface area contributed by atoms with Crippen LogP contribution in [0.5, 0.6) is 5.75 Å². The lowest BCUT2D eigenvalue weighted by molar-refractivity contribution is -0.139. The van der Waals surface area contributed by atoms with Crippen molar-refractivity contribution in [1.29, 1.82) is 0 Å². The van der Waals surface area contributed by atoms with Gasteiger partial charge in [0.15, 0.2) is 5.82 Å². The van der Waals surface area contributed by atoms with Gasteiger partial charge in [0.2, 0.25) is 0 Å². The van der Waals surface area contributed by atoms with Crippen molar-refractivity contribution in [2.75, 3.05) is 13.1 Å². The molecule has 0 radical (unpaired) electrons. The molecule has 0 saturated carbocycles. The normalized spacial score (nSPS) is 14.8. The fourth-order valence-electron chi connectivity index (χ4n) is 4.51. The second kappa shape index (κ2) is 10.8. The predicted octanol–water partition coefficient (Wildman–Crippen LogP) is 5.66. The Morgan fingerprint density at radius 2 is 2.00 bits per heavy atom. The molecule has 0 fully saturated rings. The van der Waals surface area contributed by atoms with Gasteiger partial charge in [0.25, 0.3) is 0 Å². The van der Waals surface area contributed by atoms with E-state index in [-0.39, 0.29) is 41.6 Å². The minimum atomic E-state index is -4.51. The Morgan fingerprint density at radius 3 is 2.70 bits per heavy atom. The molecule has 196 valence electrons. The Bertz CT molecular complexity index is 1300. The summed E-state index contributed by atoms with van der Waals surface area (Å²) in [6.45, 7) is 5.18. The van der Waals surface area contributed by atoms with Crippen LogP contribution >= 0.6 is 0 Å². The average molecular weight is 518 g/mol. The minimum Gasteiger partial charge on any atom is -0.489 e. The molecule has 2 heterocycles. The van der Waals surface area contributed by atoms with Crippen molar-refractivity contribution in [2.45, 2.75) is 46.0 Å². The zero-order valence-corrected chi connectivity index (χ0v) is 20.5. The molecular formula is C27H27F4N3O3. The van der Waals surface area contributed by atoms with Crippen molar-refractivity contribution < 1.29 is 32.2 Å². The Hall–Kier alpha value is -3.53. The fraction of sp³-hybridized carbons (Fsp3) is 0.370. The molecule has 3 aromatic rings. The highest BCUT2D eigenvalue weighted by Gasteiger charge is 2.33. The van der Waals surface area contributed by atoms with Gasteiger partial charge in [-0.2, -0.15) is 13.2 Å². The number of ether oxygens (including phenoxy) is 1. The van der Waals surface area contributed by atoms with Gasteiger partial charge in [-0.25, -0.2) is 14.4 Å². The summed E-state index contributed by atoms with van der Waals surface area (Å²) in [6, 6.07) is 7.86. The quantitative estimate of drug-likeness (QED) is 0.389. The second-order valence-electron chi connectivity index (χ2n) is 9.44. The number of aryl methyl sites for hydroxylation is 1. The summed E-state index contributed by atoms with van der Waals surface area (Å²) in [5, 5.41) is 8.96. The molecule has 4 rings (SSSR count). The topological polar surface area (TPSA) is 75.6 Å². The van der Waals surface area contributed by atoms with Gasteiger partial charge in [-0.3, -0.25) is 9.69 Å². The monoisotopic (exact) mass is 517 g/mol. The lowest BCUT2D eigenvalue weighted by atomic mass is 10.0. The molecule has 1 aliphatic heterocycles. The van der Waals surface area contributed by atoms with E-state index >= 15 is 0 Å². The lowest BCUT2D eigenvalue weighted by Gasteiger charge is -2.29. The zero-order chi connectivity index (χ0) is 26.7. The molecule has 10 heteroatoms. The van der Waals surface area contributed by atoms with Crippen LogP contribution in [-0.4, -0.2) is 39.0 Å². The molecule has 1 aliphatic rings. The fourth-order valence-corrected chi connectivity index (χ4v) is 4.51. The number of alkyl halides is 3. The number of fused-ring (bicyclic) bond motifs is 1. The van der Waals surface area contributed by atoms with E-state index in [1.165, 1.54) is 24.3 Å². The van der Waals surface area contributed by atoms with Crippen LogP contribution in [-0.2, 0) is 30.5 Å². The van der Waals surface area contributed by atoms with Gasteiger partial charge in [0.05, 0.1) is 16.8 Å². The molecule has 37 heavy (non-hydrogen) atoms. The highest BCUT2D eigenvalue weighted by Crippen LogP contribution is 2.33. The number of rotatable bonds is 8. The number of carboxylic acids is 1. The first-order valence-electron chi connectivity index (χ1n) is 11.9. The van der Waals surface area contributed by atoms with Crippen molar-refractivity contribution >= 4 is 5.97 Å². The number of carbonyl (C=O) groups is 1. The molecule has 6 nitrogen and oxygen atoms in total. The number of halogens is 4. The molecule has 2 aromatic carbocycles. The van der Waals surface area contributed by atoms with Gasteiger partial charge in [-0.15, -0.1) is 0 Å². The summed E-state index contributed by atoms with van der Waals surface area (Å²) in [4.78, 5) is 21.9. The SMILES string of the molecule is Cc1ccc(C(F)(F)F)c(COc2ccc(-c3ncc4c(n3)CCN(CC(C)CC(=O)O)C4)c(F)c2)c1. The third-order valence-corrected chi connectivity index (χ3v) is 6.25. The molecule has 1 atom stereocenters. The Kier molecular flexibility index (Phi) is 7.77. The minimum absolute atomic E-state index is 0.0139. The predicted molar refractivity (Wildman–Crippen MR) is 128 cm³/mol. The molecular weight excluding hydrogens is 490 g/mol. The third-order valence-electron chi connectivity index (χ3n) is 6.25. The summed E-state index contributed by atoms with van der Waals surface area (Å²) >= 11 is 0. The van der Waals surface area contributed by atoms with E-state index in [1.807, 2.05) is 6.92 Å². The van der Waals surface area contributed by atoms with Crippen LogP contribution in [0.3, 0.4) is 0 Å². The summed E-state index contributed by atoms with van der Waals surface area (Å²) < 4.78 is 60.3. The molecule has 0 saturated heterocycles. The van der Waals surface area contributed by atoms with Gasteiger partial charge >= 0.3 is 12.1 Å². The Labute approximate surface area is 211 Å². The maximum Gasteiger partial charge on any atom is 0.416 e. The van der Waals surface area contributed by atoms with Crippen molar-refractivity contribution in [3.8, 4) is 17.1 Å². The summed E-state index contributed by atoms with van der Waals surface area (Å²) in [6.07, 6.45) is -2.12. The van der Waals surface area contributed by atoms with Crippen LogP contribution in [0.4, 0.5) is 17.6 Å². The number of benzene rings is 2. The van der Waals surface area contributed by atoms with Gasteiger partial charge in [-0.1, -0.05) is 24.6 Å². The van der Waals surface area contributed by atoms with Crippen LogP contribution in [0.1, 0.15) is 41.3 Å². The van der Waals surface area contributed by atoms with Crippen LogP contribution in [0.15, 0.2) is 42.6 Å². The molecule has 1 aromatic heterocycles. The van der Waals surface area contributed by atoms with E-state index in [2.05, 4.69) is 14.9 Å². The maximum absolute atomic E-state index is 14.9. The molecule has 0 amide bonds. The first-order chi connectivity index (χ1) is 17.5. The van der Waals surface area contributed by atoms with Crippen LogP contribution in [0.25, 0.3) is 11.4 Å². The number of aromatic nitrogens is 2. The smallest absolute Gasteiger partial charge is 0.416 e. The highest BCUT2D eigenvalue weighted by atomic mass is 19.4. The maximum atomic E-state index is 14.9. The Morgan fingerprint density at radius 1 is 1.22 bits per heavy atom. The molecule has 0 aliphatic carbocycles. The van der Waals surface area contributed by atoms with E-state index in [9.17, 15) is 22.4 Å². The van der Waals surface area contributed by atoms with Gasteiger partial charge in [0, 0.05) is 55.9 Å². The molecule has 1 N–H and O–H groups in total. The number of hydrogen-bond donors (Lipinski definition) is 1. The van der Waals surface area contributed by atoms with Crippen molar-refractivity contribution in [3.05, 3.63) is 76.4 Å². The number of aliphatic carboxylic acids is 1. The van der Waals surface area contributed by atoms with Crippen LogP contribution < -0.4 is 4.74 Å². The van der Waals surface area contributed by atoms with Crippen LogP contribution in [0.2, 0.25) is 0 Å². The van der Waals surface area contributed by atoms with Crippen molar-refractivity contribution in [1.82, 2.24) is 14.9 Å². The summed E-state index contributed by atoms with van der Waals surface area (Å²) in [5.41, 5.74) is 1.74. The Balaban J connectivity index is 1.45. The number of nitrogens with zero attached hydrogens (tertiary/aromatic N) is 3. The molecule has 0 spiro atoms. The van der Waals surface area contributed by atoms with Crippen molar-refractivity contribution in [3.63, 3.8) is 0 Å². The van der Waals surface area contributed by atoms with E-state index in [0.29, 0.717) is 31.6 Å². The highest BCUT2D eigenvalue weighted by molar-refractivity contribution is 5.67. The van der Waals surface area contributed by atoms with E-state index in [0.717, 1.165) is 23.4 Å².